The molecule has 7 nitrogen and oxygen atoms in total. The van der Waals surface area contributed by atoms with Crippen LogP contribution in [0, 0.1) is 5.41 Å². The maximum Gasteiger partial charge on any atom is 0.315 e. The number of ether oxygens (including phenoxy) is 2. The predicted molar refractivity (Wildman–Crippen MR) is 113 cm³/mol. The molecule has 0 bridgehead atoms. The van der Waals surface area contributed by atoms with E-state index in [1.165, 1.54) is 0 Å². The molecule has 2 N–H and O–H groups in total. The second kappa shape index (κ2) is 8.26. The number of carbonyl (C=O) groups is 2. The molecule has 7 heteroatoms. The number of amides is 3. The van der Waals surface area contributed by atoms with Crippen molar-refractivity contribution in [3.05, 3.63) is 59.7 Å². The fourth-order valence-corrected chi connectivity index (χ4v) is 4.33. The first-order valence-electron chi connectivity index (χ1n) is 10.1. The molecule has 1 saturated carbocycles. The Bertz CT molecular complexity index is 897. The maximum atomic E-state index is 12.6. The van der Waals surface area contributed by atoms with Gasteiger partial charge in [0.15, 0.2) is 0 Å². The minimum atomic E-state index is -0.156. The largest absolute Gasteiger partial charge is 0.497 e. The Hall–Kier alpha value is -3.22. The Morgan fingerprint density at radius 2 is 1.53 bits per heavy atom. The Morgan fingerprint density at radius 3 is 2.10 bits per heavy atom. The van der Waals surface area contributed by atoms with E-state index in [0.29, 0.717) is 12.1 Å². The Morgan fingerprint density at radius 1 is 0.967 bits per heavy atom. The van der Waals surface area contributed by atoms with Crippen LogP contribution in [0.2, 0.25) is 0 Å². The van der Waals surface area contributed by atoms with E-state index in [9.17, 15) is 9.59 Å². The molecule has 30 heavy (non-hydrogen) atoms. The Balaban J connectivity index is 1.17. The lowest BCUT2D eigenvalue weighted by atomic mass is 9.60. The van der Waals surface area contributed by atoms with Gasteiger partial charge >= 0.3 is 6.03 Å². The van der Waals surface area contributed by atoms with Gasteiger partial charge in [-0.15, -0.1) is 0 Å². The van der Waals surface area contributed by atoms with Crippen LogP contribution in [0.15, 0.2) is 48.5 Å². The second-order valence-corrected chi connectivity index (χ2v) is 8.17. The normalized spacial score (nSPS) is 16.9. The first-order chi connectivity index (χ1) is 14.5. The number of likely N-dealkylation sites (tertiary alicyclic amines) is 1. The molecule has 3 amide bonds. The SMILES string of the molecule is COc1ccc(CNC(=O)NC2CC3(C2)CN(C(=O)c2ccc(OC)cc2)C3)cc1. The van der Waals surface area contributed by atoms with E-state index in [1.807, 2.05) is 29.2 Å². The molecule has 158 valence electrons. The Labute approximate surface area is 176 Å². The van der Waals surface area contributed by atoms with E-state index in [0.717, 1.165) is 43.0 Å². The van der Waals surface area contributed by atoms with E-state index < -0.39 is 0 Å². The van der Waals surface area contributed by atoms with Gasteiger partial charge in [-0.3, -0.25) is 4.79 Å². The van der Waals surface area contributed by atoms with Gasteiger partial charge in [-0.2, -0.15) is 0 Å². The van der Waals surface area contributed by atoms with Gasteiger partial charge in [0.2, 0.25) is 0 Å². The average Bonchev–Trinajstić information content (AvgIpc) is 2.73. The number of carbonyl (C=O) groups excluding carboxylic acids is 2. The zero-order valence-electron chi connectivity index (χ0n) is 17.3. The van der Waals surface area contributed by atoms with Crippen molar-refractivity contribution in [2.75, 3.05) is 27.3 Å². The summed E-state index contributed by atoms with van der Waals surface area (Å²) < 4.78 is 10.3. The highest BCUT2D eigenvalue weighted by molar-refractivity contribution is 5.95. The summed E-state index contributed by atoms with van der Waals surface area (Å²) in [7, 11) is 3.23. The topological polar surface area (TPSA) is 79.9 Å². The second-order valence-electron chi connectivity index (χ2n) is 8.17. The molecule has 4 rings (SSSR count). The van der Waals surface area contributed by atoms with Crippen LogP contribution in [-0.2, 0) is 6.54 Å². The predicted octanol–water partition coefficient (Wildman–Crippen LogP) is 2.81. The molecule has 1 spiro atoms. The van der Waals surface area contributed by atoms with Crippen molar-refractivity contribution in [2.45, 2.75) is 25.4 Å². The monoisotopic (exact) mass is 409 g/mol. The summed E-state index contributed by atoms with van der Waals surface area (Å²) in [6.07, 6.45) is 1.82. The lowest BCUT2D eigenvalue weighted by Crippen LogP contribution is -2.67. The molecule has 1 aliphatic carbocycles. The average molecular weight is 409 g/mol. The fourth-order valence-electron chi connectivity index (χ4n) is 4.33. The molecule has 2 aliphatic rings. The number of hydrogen-bond donors (Lipinski definition) is 2. The molecule has 2 aromatic rings. The number of urea groups is 1. The molecular weight excluding hydrogens is 382 g/mol. The van der Waals surface area contributed by atoms with Crippen molar-refractivity contribution in [3.63, 3.8) is 0 Å². The van der Waals surface area contributed by atoms with Gasteiger partial charge in [-0.1, -0.05) is 12.1 Å². The molecule has 0 atom stereocenters. The van der Waals surface area contributed by atoms with Crippen LogP contribution in [-0.4, -0.2) is 50.2 Å². The van der Waals surface area contributed by atoms with Crippen molar-refractivity contribution in [2.24, 2.45) is 5.41 Å². The summed E-state index contributed by atoms with van der Waals surface area (Å²) in [5.74, 6) is 1.59. The van der Waals surface area contributed by atoms with Gasteiger partial charge in [0.05, 0.1) is 14.2 Å². The smallest absolute Gasteiger partial charge is 0.315 e. The molecule has 1 saturated heterocycles. The number of hydrogen-bond acceptors (Lipinski definition) is 4. The number of rotatable bonds is 6. The first-order valence-corrected chi connectivity index (χ1v) is 10.1. The van der Waals surface area contributed by atoms with Crippen molar-refractivity contribution in [3.8, 4) is 11.5 Å². The summed E-state index contributed by atoms with van der Waals surface area (Å²) in [5.41, 5.74) is 1.86. The summed E-state index contributed by atoms with van der Waals surface area (Å²) >= 11 is 0. The minimum absolute atomic E-state index is 0.0527. The van der Waals surface area contributed by atoms with E-state index in [-0.39, 0.29) is 23.4 Å². The van der Waals surface area contributed by atoms with Crippen LogP contribution in [0.5, 0.6) is 11.5 Å². The lowest BCUT2D eigenvalue weighted by molar-refractivity contribution is -0.0585. The maximum absolute atomic E-state index is 12.6. The van der Waals surface area contributed by atoms with Gasteiger partial charge in [0.25, 0.3) is 5.91 Å². The lowest BCUT2D eigenvalue weighted by Gasteiger charge is -2.59. The zero-order chi connectivity index (χ0) is 21.1. The van der Waals surface area contributed by atoms with Crippen molar-refractivity contribution in [1.29, 1.82) is 0 Å². The third-order valence-corrected chi connectivity index (χ3v) is 5.98. The van der Waals surface area contributed by atoms with Gasteiger partial charge in [0.1, 0.15) is 11.5 Å². The van der Waals surface area contributed by atoms with Crippen LogP contribution >= 0.6 is 0 Å². The minimum Gasteiger partial charge on any atom is -0.497 e. The highest BCUT2D eigenvalue weighted by Crippen LogP contribution is 2.48. The molecule has 1 heterocycles. The third-order valence-electron chi connectivity index (χ3n) is 5.98. The molecule has 2 fully saturated rings. The van der Waals surface area contributed by atoms with Crippen molar-refractivity contribution in [1.82, 2.24) is 15.5 Å². The first kappa shape index (κ1) is 20.1. The molecule has 1 aliphatic heterocycles. The fraction of sp³-hybridized carbons (Fsp3) is 0.391. The van der Waals surface area contributed by atoms with E-state index in [1.54, 1.807) is 38.5 Å². The standard InChI is InChI=1S/C23H27N3O4/c1-29-19-7-3-16(4-8-19)13-24-22(28)25-18-11-23(12-18)14-26(15-23)21(27)17-5-9-20(30-2)10-6-17/h3-10,18H,11-15H2,1-2H3,(H2,24,25,28). The summed E-state index contributed by atoms with van der Waals surface area (Å²) in [5, 5.41) is 5.92. The molecule has 0 radical (unpaired) electrons. The van der Waals surface area contributed by atoms with E-state index >= 15 is 0 Å². The zero-order valence-corrected chi connectivity index (χ0v) is 17.3. The number of nitrogens with zero attached hydrogens (tertiary/aromatic N) is 1. The van der Waals surface area contributed by atoms with Crippen molar-refractivity contribution < 1.29 is 19.1 Å². The number of methoxy groups -OCH3 is 2. The van der Waals surface area contributed by atoms with Gasteiger partial charge in [-0.25, -0.2) is 4.79 Å². The molecule has 2 aromatic carbocycles. The molecule has 0 unspecified atom stereocenters. The summed E-state index contributed by atoms with van der Waals surface area (Å²) in [4.78, 5) is 26.6. The highest BCUT2D eigenvalue weighted by atomic mass is 16.5. The quantitative estimate of drug-likeness (QED) is 0.769. The van der Waals surface area contributed by atoms with Gasteiger partial charge in [0, 0.05) is 36.7 Å². The number of benzene rings is 2. The summed E-state index contributed by atoms with van der Waals surface area (Å²) in [6, 6.07) is 14.8. The van der Waals surface area contributed by atoms with Crippen LogP contribution in [0.1, 0.15) is 28.8 Å². The Kier molecular flexibility index (Phi) is 5.53. The van der Waals surface area contributed by atoms with Crippen LogP contribution in [0.4, 0.5) is 4.79 Å². The van der Waals surface area contributed by atoms with E-state index in [4.69, 9.17) is 9.47 Å². The van der Waals surface area contributed by atoms with E-state index in [2.05, 4.69) is 10.6 Å². The molecule has 0 aromatic heterocycles. The van der Waals surface area contributed by atoms with Crippen molar-refractivity contribution >= 4 is 11.9 Å². The van der Waals surface area contributed by atoms with Crippen LogP contribution in [0.25, 0.3) is 0 Å². The summed E-state index contributed by atoms with van der Waals surface area (Å²) in [6.45, 7) is 1.98. The third kappa shape index (κ3) is 4.20. The van der Waals surface area contributed by atoms with Gasteiger partial charge < -0.3 is 25.0 Å². The van der Waals surface area contributed by atoms with Gasteiger partial charge in [-0.05, 0) is 54.8 Å². The molecular formula is C23H27N3O4. The number of nitrogens with one attached hydrogen (secondary N) is 2. The highest BCUT2D eigenvalue weighted by Gasteiger charge is 2.54. The van der Waals surface area contributed by atoms with Crippen LogP contribution in [0.3, 0.4) is 0 Å². The van der Waals surface area contributed by atoms with Crippen LogP contribution < -0.4 is 20.1 Å².